The van der Waals surface area contributed by atoms with Crippen LogP contribution in [0.1, 0.15) is 31.7 Å². The molecule has 1 aliphatic carbocycles. The van der Waals surface area contributed by atoms with Gasteiger partial charge in [0.2, 0.25) is 10.0 Å². The summed E-state index contributed by atoms with van der Waals surface area (Å²) in [6.07, 6.45) is 2.95. The van der Waals surface area contributed by atoms with Crippen molar-refractivity contribution in [2.75, 3.05) is 5.73 Å². The number of halogens is 1. The van der Waals surface area contributed by atoms with Crippen LogP contribution in [-0.2, 0) is 10.0 Å². The highest BCUT2D eigenvalue weighted by Crippen LogP contribution is 2.36. The number of nitrogens with one attached hydrogen (secondary N) is 1. The molecule has 0 aliphatic heterocycles. The standard InChI is InChI=1S/C13H19FN2O2S/c1-3-4-9-6-12(9)16-19(17,18)13-7-11(15)10(14)5-8(13)2/h5,7,9,12,16H,3-4,6,15H2,1-2H3. The molecular formula is C13H19FN2O2S. The molecule has 1 aromatic rings. The van der Waals surface area contributed by atoms with Crippen molar-refractivity contribution < 1.29 is 12.8 Å². The van der Waals surface area contributed by atoms with Gasteiger partial charge in [0, 0.05) is 6.04 Å². The molecule has 0 saturated heterocycles. The third-order valence-electron chi connectivity index (χ3n) is 3.47. The van der Waals surface area contributed by atoms with Crippen LogP contribution in [0.3, 0.4) is 0 Å². The van der Waals surface area contributed by atoms with E-state index in [-0.39, 0.29) is 16.6 Å². The fourth-order valence-electron chi connectivity index (χ4n) is 2.30. The lowest BCUT2D eigenvalue weighted by atomic mass is 10.2. The second-order valence-corrected chi connectivity index (χ2v) is 6.83. The summed E-state index contributed by atoms with van der Waals surface area (Å²) < 4.78 is 40.4. The van der Waals surface area contributed by atoms with Crippen LogP contribution in [-0.4, -0.2) is 14.5 Å². The molecule has 1 fully saturated rings. The van der Waals surface area contributed by atoms with Crippen molar-refractivity contribution in [3.05, 3.63) is 23.5 Å². The third kappa shape index (κ3) is 3.06. The largest absolute Gasteiger partial charge is 0.396 e. The lowest BCUT2D eigenvalue weighted by Crippen LogP contribution is -2.28. The Morgan fingerprint density at radius 1 is 1.47 bits per heavy atom. The van der Waals surface area contributed by atoms with Gasteiger partial charge in [0.15, 0.2) is 0 Å². The van der Waals surface area contributed by atoms with Crippen LogP contribution in [0.25, 0.3) is 0 Å². The number of aryl methyl sites for hydroxylation is 1. The van der Waals surface area contributed by atoms with Gasteiger partial charge in [-0.25, -0.2) is 17.5 Å². The lowest BCUT2D eigenvalue weighted by Gasteiger charge is -2.10. The smallest absolute Gasteiger partial charge is 0.241 e. The Labute approximate surface area is 113 Å². The van der Waals surface area contributed by atoms with Crippen molar-refractivity contribution in [3.63, 3.8) is 0 Å². The van der Waals surface area contributed by atoms with E-state index in [4.69, 9.17) is 5.73 Å². The number of hydrogen-bond acceptors (Lipinski definition) is 3. The Morgan fingerprint density at radius 2 is 2.16 bits per heavy atom. The summed E-state index contributed by atoms with van der Waals surface area (Å²) in [5, 5.41) is 0. The van der Waals surface area contributed by atoms with E-state index in [1.54, 1.807) is 6.92 Å². The topological polar surface area (TPSA) is 72.2 Å². The van der Waals surface area contributed by atoms with E-state index in [2.05, 4.69) is 11.6 Å². The Kier molecular flexibility index (Phi) is 3.82. The molecule has 3 N–H and O–H groups in total. The second kappa shape index (κ2) is 5.09. The van der Waals surface area contributed by atoms with Crippen LogP contribution in [0, 0.1) is 18.7 Å². The molecule has 19 heavy (non-hydrogen) atoms. The Balaban J connectivity index is 2.19. The summed E-state index contributed by atoms with van der Waals surface area (Å²) >= 11 is 0. The van der Waals surface area contributed by atoms with Gasteiger partial charge < -0.3 is 5.73 Å². The first-order valence-electron chi connectivity index (χ1n) is 6.43. The summed E-state index contributed by atoms with van der Waals surface area (Å²) in [5.74, 6) is -0.162. The van der Waals surface area contributed by atoms with Gasteiger partial charge in [-0.1, -0.05) is 13.3 Å². The summed E-state index contributed by atoms with van der Waals surface area (Å²) in [4.78, 5) is 0.0635. The average Bonchev–Trinajstić information content (AvgIpc) is 3.01. The zero-order valence-electron chi connectivity index (χ0n) is 11.1. The van der Waals surface area contributed by atoms with E-state index in [9.17, 15) is 12.8 Å². The van der Waals surface area contributed by atoms with Crippen LogP contribution in [0.5, 0.6) is 0 Å². The monoisotopic (exact) mass is 286 g/mol. The molecule has 0 bridgehead atoms. The van der Waals surface area contributed by atoms with Crippen molar-refractivity contribution in [1.29, 1.82) is 0 Å². The van der Waals surface area contributed by atoms with E-state index >= 15 is 0 Å². The maximum absolute atomic E-state index is 13.2. The highest BCUT2D eigenvalue weighted by molar-refractivity contribution is 7.89. The number of nitrogen functional groups attached to an aromatic ring is 1. The fourth-order valence-corrected chi connectivity index (χ4v) is 3.88. The third-order valence-corrected chi connectivity index (χ3v) is 5.10. The molecule has 0 spiro atoms. The minimum absolute atomic E-state index is 0.00984. The first kappa shape index (κ1) is 14.3. The molecule has 0 heterocycles. The molecule has 106 valence electrons. The first-order chi connectivity index (χ1) is 8.85. The van der Waals surface area contributed by atoms with Gasteiger partial charge in [0.05, 0.1) is 10.6 Å². The SMILES string of the molecule is CCCC1CC1NS(=O)(=O)c1cc(N)c(F)cc1C. The van der Waals surface area contributed by atoms with Gasteiger partial charge >= 0.3 is 0 Å². The maximum Gasteiger partial charge on any atom is 0.241 e. The highest BCUT2D eigenvalue weighted by Gasteiger charge is 2.39. The molecule has 0 aromatic heterocycles. The maximum atomic E-state index is 13.2. The van der Waals surface area contributed by atoms with E-state index in [1.807, 2.05) is 0 Å². The molecule has 0 amide bonds. The molecule has 2 atom stereocenters. The first-order valence-corrected chi connectivity index (χ1v) is 7.91. The molecule has 1 saturated carbocycles. The van der Waals surface area contributed by atoms with Gasteiger partial charge in [-0.3, -0.25) is 0 Å². The van der Waals surface area contributed by atoms with Gasteiger partial charge in [0.25, 0.3) is 0 Å². The molecule has 1 aromatic carbocycles. The van der Waals surface area contributed by atoms with Crippen molar-refractivity contribution in [2.24, 2.45) is 5.92 Å². The summed E-state index contributed by atoms with van der Waals surface area (Å²) in [5.41, 5.74) is 5.66. The average molecular weight is 286 g/mol. The van der Waals surface area contributed by atoms with Crippen molar-refractivity contribution in [2.45, 2.75) is 44.0 Å². The van der Waals surface area contributed by atoms with E-state index < -0.39 is 15.8 Å². The van der Waals surface area contributed by atoms with Crippen molar-refractivity contribution in [1.82, 2.24) is 4.72 Å². The van der Waals surface area contributed by atoms with Crippen LogP contribution in [0.2, 0.25) is 0 Å². The van der Waals surface area contributed by atoms with Crippen LogP contribution >= 0.6 is 0 Å². The van der Waals surface area contributed by atoms with Crippen molar-refractivity contribution in [3.8, 4) is 0 Å². The van der Waals surface area contributed by atoms with Crippen LogP contribution in [0.15, 0.2) is 17.0 Å². The highest BCUT2D eigenvalue weighted by atomic mass is 32.2. The summed E-state index contributed by atoms with van der Waals surface area (Å²) in [6, 6.07) is 2.35. The van der Waals surface area contributed by atoms with Gasteiger partial charge in [0.1, 0.15) is 5.82 Å². The predicted molar refractivity (Wildman–Crippen MR) is 72.7 cm³/mol. The van der Waals surface area contributed by atoms with Crippen LogP contribution in [0.4, 0.5) is 10.1 Å². The normalized spacial score (nSPS) is 22.5. The minimum Gasteiger partial charge on any atom is -0.396 e. The van der Waals surface area contributed by atoms with E-state index in [0.29, 0.717) is 11.5 Å². The number of rotatable bonds is 5. The fraction of sp³-hybridized carbons (Fsp3) is 0.538. The molecule has 1 aliphatic rings. The zero-order chi connectivity index (χ0) is 14.2. The van der Waals surface area contributed by atoms with Gasteiger partial charge in [-0.05, 0) is 43.4 Å². The Bertz CT molecular complexity index is 587. The van der Waals surface area contributed by atoms with Crippen LogP contribution < -0.4 is 10.5 Å². The van der Waals surface area contributed by atoms with Gasteiger partial charge in [-0.15, -0.1) is 0 Å². The minimum atomic E-state index is -3.61. The number of benzene rings is 1. The molecule has 2 rings (SSSR count). The zero-order valence-corrected chi connectivity index (χ0v) is 11.9. The van der Waals surface area contributed by atoms with Gasteiger partial charge in [-0.2, -0.15) is 0 Å². The summed E-state index contributed by atoms with van der Waals surface area (Å²) in [6.45, 7) is 3.64. The predicted octanol–water partition coefficient (Wildman–Crippen LogP) is 2.18. The molecule has 0 radical (unpaired) electrons. The Morgan fingerprint density at radius 3 is 2.79 bits per heavy atom. The Hall–Kier alpha value is -1.14. The van der Waals surface area contributed by atoms with E-state index in [0.717, 1.165) is 25.3 Å². The molecule has 4 nitrogen and oxygen atoms in total. The lowest BCUT2D eigenvalue weighted by molar-refractivity contribution is 0.571. The quantitative estimate of drug-likeness (QED) is 0.815. The molecular weight excluding hydrogens is 267 g/mol. The molecule has 2 unspecified atom stereocenters. The van der Waals surface area contributed by atoms with Crippen molar-refractivity contribution >= 4 is 15.7 Å². The number of hydrogen-bond donors (Lipinski definition) is 2. The number of anilines is 1. The molecule has 6 heteroatoms. The second-order valence-electron chi connectivity index (χ2n) is 5.15. The number of nitrogens with two attached hydrogens (primary N) is 1. The summed E-state index contributed by atoms with van der Waals surface area (Å²) in [7, 11) is -3.61. The van der Waals surface area contributed by atoms with E-state index in [1.165, 1.54) is 6.07 Å². The number of sulfonamides is 1.